The van der Waals surface area contributed by atoms with Crippen LogP contribution in [0.4, 0.5) is 0 Å². The van der Waals surface area contributed by atoms with E-state index in [4.69, 9.17) is 16.3 Å². The van der Waals surface area contributed by atoms with Crippen molar-refractivity contribution in [3.8, 4) is 0 Å². The van der Waals surface area contributed by atoms with E-state index in [1.807, 2.05) is 31.2 Å². The first-order chi connectivity index (χ1) is 11.8. The highest BCUT2D eigenvalue weighted by molar-refractivity contribution is 14.0. The van der Waals surface area contributed by atoms with E-state index in [-0.39, 0.29) is 30.0 Å². The molecule has 1 fully saturated rings. The van der Waals surface area contributed by atoms with E-state index in [9.17, 15) is 8.42 Å². The van der Waals surface area contributed by atoms with Crippen molar-refractivity contribution in [1.82, 2.24) is 10.6 Å². The number of nitrogens with zero attached hydrogens (tertiary/aromatic N) is 1. The summed E-state index contributed by atoms with van der Waals surface area (Å²) in [6.45, 7) is 3.24. The minimum Gasteiger partial charge on any atom is -0.381 e. The van der Waals surface area contributed by atoms with Gasteiger partial charge in [0.2, 0.25) is 0 Å². The van der Waals surface area contributed by atoms with Crippen molar-refractivity contribution >= 4 is 51.4 Å². The number of hydrogen-bond acceptors (Lipinski definition) is 4. The monoisotopic (exact) mass is 515 g/mol. The summed E-state index contributed by atoms with van der Waals surface area (Å²) in [5.74, 6) is 0.567. The van der Waals surface area contributed by atoms with Crippen molar-refractivity contribution in [2.45, 2.75) is 30.6 Å². The molecule has 6 nitrogen and oxygen atoms in total. The highest BCUT2D eigenvalue weighted by atomic mass is 127. The molecule has 0 aromatic heterocycles. The third-order valence-corrected chi connectivity index (χ3v) is 7.09. The highest BCUT2D eigenvalue weighted by Crippen LogP contribution is 2.28. The summed E-state index contributed by atoms with van der Waals surface area (Å²) in [7, 11) is -1.55. The van der Waals surface area contributed by atoms with Gasteiger partial charge in [-0.1, -0.05) is 23.7 Å². The molecule has 1 aromatic rings. The van der Waals surface area contributed by atoms with Crippen LogP contribution in [0, 0.1) is 0 Å². The Morgan fingerprint density at radius 1 is 1.31 bits per heavy atom. The number of guanidine groups is 1. The maximum absolute atomic E-state index is 12.3. The van der Waals surface area contributed by atoms with Crippen LogP contribution in [-0.2, 0) is 14.6 Å². The molecule has 1 aliphatic rings. The van der Waals surface area contributed by atoms with Gasteiger partial charge in [0.1, 0.15) is 0 Å². The van der Waals surface area contributed by atoms with Crippen LogP contribution in [-0.4, -0.2) is 52.2 Å². The molecule has 1 atom stereocenters. The fourth-order valence-electron chi connectivity index (χ4n) is 2.90. The van der Waals surface area contributed by atoms with Gasteiger partial charge in [-0.05, 0) is 37.5 Å². The number of aliphatic imine (C=N–C) groups is 1. The summed E-state index contributed by atoms with van der Waals surface area (Å²) in [5.41, 5.74) is 1.07. The molecule has 2 rings (SSSR count). The number of hydrogen-bond donors (Lipinski definition) is 2. The van der Waals surface area contributed by atoms with Crippen LogP contribution in [0.5, 0.6) is 0 Å². The van der Waals surface area contributed by atoms with Crippen molar-refractivity contribution in [2.75, 3.05) is 33.1 Å². The Labute approximate surface area is 178 Å². The maximum Gasteiger partial charge on any atom is 0.191 e. The zero-order valence-electron chi connectivity index (χ0n) is 15.3. The fourth-order valence-corrected chi connectivity index (χ4v) is 4.27. The van der Waals surface area contributed by atoms with E-state index >= 15 is 0 Å². The molecule has 1 heterocycles. The highest BCUT2D eigenvalue weighted by Gasteiger charge is 2.42. The molecular formula is C17H27ClIN3O3S. The van der Waals surface area contributed by atoms with Gasteiger partial charge in [-0.2, -0.15) is 0 Å². The second-order valence-electron chi connectivity index (χ2n) is 6.41. The van der Waals surface area contributed by atoms with Crippen molar-refractivity contribution in [3.05, 3.63) is 34.9 Å². The Balaban J connectivity index is 0.00000338. The minimum absolute atomic E-state index is 0. The zero-order valence-corrected chi connectivity index (χ0v) is 19.2. The Morgan fingerprint density at radius 3 is 2.38 bits per heavy atom. The normalized spacial score (nSPS) is 18.5. The van der Waals surface area contributed by atoms with Crippen molar-refractivity contribution in [1.29, 1.82) is 0 Å². The number of nitrogens with one attached hydrogen (secondary N) is 2. The maximum atomic E-state index is 12.3. The van der Waals surface area contributed by atoms with Gasteiger partial charge < -0.3 is 15.4 Å². The minimum atomic E-state index is -3.22. The molecule has 0 spiro atoms. The van der Waals surface area contributed by atoms with Crippen LogP contribution in [0.2, 0.25) is 5.02 Å². The molecule has 0 aliphatic carbocycles. The summed E-state index contributed by atoms with van der Waals surface area (Å²) in [5, 5.41) is 7.15. The number of halogens is 2. The van der Waals surface area contributed by atoms with Gasteiger partial charge in [-0.25, -0.2) is 8.42 Å². The second kappa shape index (κ2) is 10.1. The Morgan fingerprint density at radius 2 is 1.88 bits per heavy atom. The lowest BCUT2D eigenvalue weighted by atomic mass is 9.99. The van der Waals surface area contributed by atoms with Crippen molar-refractivity contribution < 1.29 is 13.2 Å². The lowest BCUT2D eigenvalue weighted by Crippen LogP contribution is -2.53. The van der Waals surface area contributed by atoms with E-state index in [0.717, 1.165) is 5.56 Å². The summed E-state index contributed by atoms with van der Waals surface area (Å²) in [6, 6.07) is 7.58. The van der Waals surface area contributed by atoms with E-state index in [1.54, 1.807) is 7.05 Å². The smallest absolute Gasteiger partial charge is 0.191 e. The SMILES string of the molecule is CN=C(NCC1(S(C)(=O)=O)CCOCC1)NC(C)c1ccc(Cl)cc1.I. The standard InChI is InChI=1S/C17H26ClN3O3S.HI/c1-13(14-4-6-15(18)7-5-14)21-16(19-2)20-12-17(25(3,22)23)8-10-24-11-9-17;/h4-7,13H,8-12H2,1-3H3,(H2,19,20,21);1H. The van der Waals surface area contributed by atoms with Crippen LogP contribution in [0.15, 0.2) is 29.3 Å². The topological polar surface area (TPSA) is 79.8 Å². The van der Waals surface area contributed by atoms with Gasteiger partial charge in [-0.3, -0.25) is 4.99 Å². The third-order valence-electron chi connectivity index (χ3n) is 4.72. The summed E-state index contributed by atoms with van der Waals surface area (Å²) in [4.78, 5) is 4.21. The summed E-state index contributed by atoms with van der Waals surface area (Å²) >= 11 is 5.92. The van der Waals surface area contributed by atoms with Crippen LogP contribution < -0.4 is 10.6 Å². The molecule has 1 unspecified atom stereocenters. The Bertz CT molecular complexity index is 704. The van der Waals surface area contributed by atoms with E-state index in [0.29, 0.717) is 43.6 Å². The average Bonchev–Trinajstić information content (AvgIpc) is 2.59. The third kappa shape index (κ3) is 5.97. The fraction of sp³-hybridized carbons (Fsp3) is 0.588. The van der Waals surface area contributed by atoms with E-state index < -0.39 is 14.6 Å². The number of ether oxygens (including phenoxy) is 1. The molecule has 148 valence electrons. The van der Waals surface area contributed by atoms with Crippen LogP contribution >= 0.6 is 35.6 Å². The first-order valence-corrected chi connectivity index (χ1v) is 10.5. The zero-order chi connectivity index (χ0) is 18.5. The van der Waals surface area contributed by atoms with Crippen LogP contribution in [0.1, 0.15) is 31.4 Å². The molecule has 0 radical (unpaired) electrons. The quantitative estimate of drug-likeness (QED) is 0.358. The molecule has 26 heavy (non-hydrogen) atoms. The van der Waals surface area contributed by atoms with E-state index in [2.05, 4.69) is 15.6 Å². The summed E-state index contributed by atoms with van der Waals surface area (Å²) < 4.78 is 29.2. The van der Waals surface area contributed by atoms with Gasteiger partial charge in [0.15, 0.2) is 15.8 Å². The molecule has 0 saturated carbocycles. The average molecular weight is 516 g/mol. The number of sulfone groups is 1. The molecular weight excluding hydrogens is 489 g/mol. The molecule has 1 aliphatic heterocycles. The Hall–Kier alpha value is -0.580. The summed E-state index contributed by atoms with van der Waals surface area (Å²) in [6.07, 6.45) is 2.28. The van der Waals surface area contributed by atoms with Crippen LogP contribution in [0.3, 0.4) is 0 Å². The molecule has 2 N–H and O–H groups in total. The first kappa shape index (κ1) is 23.5. The molecule has 1 aromatic carbocycles. The lowest BCUT2D eigenvalue weighted by molar-refractivity contribution is 0.0756. The number of rotatable bonds is 5. The second-order valence-corrected chi connectivity index (χ2v) is 9.26. The van der Waals surface area contributed by atoms with Crippen molar-refractivity contribution in [2.24, 2.45) is 4.99 Å². The van der Waals surface area contributed by atoms with Gasteiger partial charge in [0.25, 0.3) is 0 Å². The lowest BCUT2D eigenvalue weighted by Gasteiger charge is -2.36. The van der Waals surface area contributed by atoms with Crippen molar-refractivity contribution in [3.63, 3.8) is 0 Å². The number of benzene rings is 1. The van der Waals surface area contributed by atoms with Gasteiger partial charge in [-0.15, -0.1) is 24.0 Å². The van der Waals surface area contributed by atoms with Crippen LogP contribution in [0.25, 0.3) is 0 Å². The Kier molecular flexibility index (Phi) is 9.11. The van der Waals surface area contributed by atoms with Gasteiger partial charge >= 0.3 is 0 Å². The molecule has 0 bridgehead atoms. The van der Waals surface area contributed by atoms with Gasteiger partial charge in [0.05, 0.1) is 10.8 Å². The van der Waals surface area contributed by atoms with Gasteiger partial charge in [0, 0.05) is 38.1 Å². The predicted molar refractivity (Wildman–Crippen MR) is 117 cm³/mol. The molecule has 0 amide bonds. The molecule has 1 saturated heterocycles. The first-order valence-electron chi connectivity index (χ1n) is 8.27. The largest absolute Gasteiger partial charge is 0.381 e. The predicted octanol–water partition coefficient (Wildman–Crippen LogP) is 2.78. The van der Waals surface area contributed by atoms with E-state index in [1.165, 1.54) is 6.26 Å². The molecule has 9 heteroatoms.